The van der Waals surface area contributed by atoms with E-state index < -0.39 is 0 Å². The lowest BCUT2D eigenvalue weighted by atomic mass is 9.72. The molecule has 0 atom stereocenters. The summed E-state index contributed by atoms with van der Waals surface area (Å²) in [6.07, 6.45) is 11.1. The fourth-order valence-corrected chi connectivity index (χ4v) is 4.36. The summed E-state index contributed by atoms with van der Waals surface area (Å²) in [7, 11) is 2.22. The Bertz CT molecular complexity index is 386. The lowest BCUT2D eigenvalue weighted by Gasteiger charge is -2.35. The van der Waals surface area contributed by atoms with E-state index in [2.05, 4.69) is 29.5 Å². The van der Waals surface area contributed by atoms with Gasteiger partial charge >= 0.3 is 0 Å². The molecule has 1 heterocycles. The summed E-state index contributed by atoms with van der Waals surface area (Å²) in [5.74, 6) is 1.81. The Hall–Kier alpha value is -0.0800. The summed E-state index contributed by atoms with van der Waals surface area (Å²) in [5.41, 5.74) is 0.226. The molecule has 1 aliphatic heterocycles. The van der Waals surface area contributed by atoms with Gasteiger partial charge in [0.15, 0.2) is 5.96 Å². The SMILES string of the molecule is CCNC(=NCC1(CCO)CCCCC1)NCCC1CCN(C)CC1.I. The molecular formula is C20H41IN4O. The van der Waals surface area contributed by atoms with Crippen LogP contribution in [0.3, 0.4) is 0 Å². The van der Waals surface area contributed by atoms with Gasteiger partial charge in [-0.25, -0.2) is 0 Å². The molecule has 2 fully saturated rings. The van der Waals surface area contributed by atoms with Crippen molar-refractivity contribution in [1.29, 1.82) is 0 Å². The van der Waals surface area contributed by atoms with Crippen molar-refractivity contribution in [3.8, 4) is 0 Å². The van der Waals surface area contributed by atoms with Crippen molar-refractivity contribution in [2.24, 2.45) is 16.3 Å². The van der Waals surface area contributed by atoms with E-state index in [1.807, 2.05) is 0 Å². The van der Waals surface area contributed by atoms with Crippen molar-refractivity contribution in [3.05, 3.63) is 0 Å². The number of nitrogens with one attached hydrogen (secondary N) is 2. The highest BCUT2D eigenvalue weighted by Crippen LogP contribution is 2.39. The Kier molecular flexibility index (Phi) is 12.1. The lowest BCUT2D eigenvalue weighted by molar-refractivity contribution is 0.137. The number of nitrogens with zero attached hydrogens (tertiary/aromatic N) is 2. The van der Waals surface area contributed by atoms with Gasteiger partial charge < -0.3 is 20.6 Å². The summed E-state index contributed by atoms with van der Waals surface area (Å²) in [6, 6.07) is 0. The van der Waals surface area contributed by atoms with E-state index >= 15 is 0 Å². The molecule has 0 bridgehead atoms. The number of piperidine rings is 1. The second kappa shape index (κ2) is 13.2. The number of hydrogen-bond acceptors (Lipinski definition) is 3. The van der Waals surface area contributed by atoms with Gasteiger partial charge in [-0.05, 0) is 76.9 Å². The minimum atomic E-state index is 0. The largest absolute Gasteiger partial charge is 0.396 e. The van der Waals surface area contributed by atoms with Gasteiger partial charge in [-0.1, -0.05) is 19.3 Å². The number of halogens is 1. The first kappa shape index (κ1) is 24.0. The summed E-state index contributed by atoms with van der Waals surface area (Å²) in [5, 5.41) is 16.4. The molecule has 0 unspecified atom stereocenters. The van der Waals surface area contributed by atoms with Gasteiger partial charge in [-0.15, -0.1) is 24.0 Å². The second-order valence-electron chi connectivity index (χ2n) is 8.19. The predicted octanol–water partition coefficient (Wildman–Crippen LogP) is 3.22. The molecule has 0 aromatic heterocycles. The van der Waals surface area contributed by atoms with E-state index in [9.17, 15) is 5.11 Å². The molecular weight excluding hydrogens is 439 g/mol. The van der Waals surface area contributed by atoms with E-state index in [4.69, 9.17) is 4.99 Å². The Morgan fingerprint density at radius 1 is 1.15 bits per heavy atom. The van der Waals surface area contributed by atoms with Gasteiger partial charge in [0.2, 0.25) is 0 Å². The van der Waals surface area contributed by atoms with Crippen LogP contribution in [-0.4, -0.2) is 62.3 Å². The van der Waals surface area contributed by atoms with Gasteiger partial charge in [0.25, 0.3) is 0 Å². The first-order chi connectivity index (χ1) is 12.2. The van der Waals surface area contributed by atoms with Crippen molar-refractivity contribution < 1.29 is 5.11 Å². The maximum absolute atomic E-state index is 9.47. The van der Waals surface area contributed by atoms with Crippen LogP contribution in [0.4, 0.5) is 0 Å². The Labute approximate surface area is 177 Å². The van der Waals surface area contributed by atoms with Gasteiger partial charge in [-0.3, -0.25) is 4.99 Å². The number of guanidine groups is 1. The normalized spacial score (nSPS) is 21.9. The average Bonchev–Trinajstić information content (AvgIpc) is 2.62. The van der Waals surface area contributed by atoms with E-state index in [1.54, 1.807) is 0 Å². The zero-order chi connectivity index (χ0) is 18.0. The highest BCUT2D eigenvalue weighted by atomic mass is 127. The van der Waals surface area contributed by atoms with Crippen molar-refractivity contribution in [2.45, 2.75) is 64.7 Å². The first-order valence-corrected chi connectivity index (χ1v) is 10.5. The first-order valence-electron chi connectivity index (χ1n) is 10.5. The molecule has 0 aromatic rings. The lowest BCUT2D eigenvalue weighted by Crippen LogP contribution is -2.40. The van der Waals surface area contributed by atoms with Crippen LogP contribution in [0, 0.1) is 11.3 Å². The van der Waals surface area contributed by atoms with Crippen LogP contribution < -0.4 is 10.6 Å². The van der Waals surface area contributed by atoms with Crippen LogP contribution >= 0.6 is 24.0 Å². The molecule has 5 nitrogen and oxygen atoms in total. The molecule has 1 saturated heterocycles. The molecule has 0 amide bonds. The summed E-state index contributed by atoms with van der Waals surface area (Å²) < 4.78 is 0. The van der Waals surface area contributed by atoms with Crippen molar-refractivity contribution >= 4 is 29.9 Å². The number of aliphatic imine (C=N–C) groups is 1. The van der Waals surface area contributed by atoms with Crippen LogP contribution in [0.5, 0.6) is 0 Å². The fraction of sp³-hybridized carbons (Fsp3) is 0.950. The predicted molar refractivity (Wildman–Crippen MR) is 121 cm³/mol. The zero-order valence-corrected chi connectivity index (χ0v) is 19.3. The molecule has 0 radical (unpaired) electrons. The highest BCUT2D eigenvalue weighted by Gasteiger charge is 2.31. The third-order valence-electron chi connectivity index (χ3n) is 6.16. The van der Waals surface area contributed by atoms with Crippen LogP contribution in [-0.2, 0) is 0 Å². The maximum Gasteiger partial charge on any atom is 0.191 e. The van der Waals surface area contributed by atoms with Crippen molar-refractivity contribution in [2.75, 3.05) is 46.4 Å². The smallest absolute Gasteiger partial charge is 0.191 e. The number of likely N-dealkylation sites (tertiary alicyclic amines) is 1. The maximum atomic E-state index is 9.47. The van der Waals surface area contributed by atoms with Crippen molar-refractivity contribution in [1.82, 2.24) is 15.5 Å². The second-order valence-corrected chi connectivity index (χ2v) is 8.19. The zero-order valence-electron chi connectivity index (χ0n) is 16.9. The molecule has 154 valence electrons. The molecule has 3 N–H and O–H groups in total. The van der Waals surface area contributed by atoms with Crippen LogP contribution in [0.15, 0.2) is 4.99 Å². The van der Waals surface area contributed by atoms with Crippen molar-refractivity contribution in [3.63, 3.8) is 0 Å². The van der Waals surface area contributed by atoms with Gasteiger partial charge in [0.05, 0.1) is 0 Å². The van der Waals surface area contributed by atoms with Crippen LogP contribution in [0.1, 0.15) is 64.7 Å². The molecule has 6 heteroatoms. The third kappa shape index (κ3) is 8.30. The van der Waals surface area contributed by atoms with Gasteiger partial charge in [-0.2, -0.15) is 0 Å². The summed E-state index contributed by atoms with van der Waals surface area (Å²) in [4.78, 5) is 7.33. The van der Waals surface area contributed by atoms with Crippen LogP contribution in [0.2, 0.25) is 0 Å². The van der Waals surface area contributed by atoms with Crippen LogP contribution in [0.25, 0.3) is 0 Å². The summed E-state index contributed by atoms with van der Waals surface area (Å²) in [6.45, 7) is 7.64. The molecule has 2 rings (SSSR count). The van der Waals surface area contributed by atoms with Gasteiger partial charge in [0.1, 0.15) is 0 Å². The number of hydrogen-bond donors (Lipinski definition) is 3. The van der Waals surface area contributed by atoms with E-state index in [1.165, 1.54) is 64.5 Å². The van der Waals surface area contributed by atoms with E-state index in [0.29, 0.717) is 0 Å². The topological polar surface area (TPSA) is 59.9 Å². The number of aliphatic hydroxyl groups excluding tert-OH is 1. The Morgan fingerprint density at radius 3 is 2.46 bits per heavy atom. The molecule has 26 heavy (non-hydrogen) atoms. The minimum Gasteiger partial charge on any atom is -0.396 e. The number of rotatable bonds is 8. The Morgan fingerprint density at radius 2 is 1.85 bits per heavy atom. The fourth-order valence-electron chi connectivity index (χ4n) is 4.36. The molecule has 1 saturated carbocycles. The molecule has 0 spiro atoms. The van der Waals surface area contributed by atoms with E-state index in [-0.39, 0.29) is 36.0 Å². The summed E-state index contributed by atoms with van der Waals surface area (Å²) >= 11 is 0. The molecule has 2 aliphatic rings. The average molecular weight is 480 g/mol. The minimum absolute atomic E-state index is 0. The quantitative estimate of drug-likeness (QED) is 0.284. The third-order valence-corrected chi connectivity index (χ3v) is 6.16. The monoisotopic (exact) mass is 480 g/mol. The Balaban J connectivity index is 0.00000338. The van der Waals surface area contributed by atoms with E-state index in [0.717, 1.165) is 37.9 Å². The molecule has 0 aromatic carbocycles. The molecule has 1 aliphatic carbocycles. The van der Waals surface area contributed by atoms with Gasteiger partial charge in [0, 0.05) is 26.2 Å². The highest BCUT2D eigenvalue weighted by molar-refractivity contribution is 14.0. The number of aliphatic hydroxyl groups is 1. The standard InChI is InChI=1S/C20H40N4O.HI/c1-3-21-19(22-13-7-18-8-14-24(2)15-9-18)23-17-20(12-16-25)10-5-4-6-11-20;/h18,25H,3-17H2,1-2H3,(H2,21,22,23);1H.